The van der Waals surface area contributed by atoms with Gasteiger partial charge >= 0.3 is 0 Å². The summed E-state index contributed by atoms with van der Waals surface area (Å²) in [7, 11) is 0. The molecule has 10 heteroatoms. The molecule has 0 atom stereocenters. The van der Waals surface area contributed by atoms with Crippen molar-refractivity contribution in [3.8, 4) is 6.07 Å². The van der Waals surface area contributed by atoms with Crippen molar-refractivity contribution in [3.05, 3.63) is 91.4 Å². The number of aryl methyl sites for hydroxylation is 2. The van der Waals surface area contributed by atoms with Crippen LogP contribution in [0.3, 0.4) is 0 Å². The number of aromatic amines is 1. The summed E-state index contributed by atoms with van der Waals surface area (Å²) in [6, 6.07) is 14.5. The number of carbonyl (C=O) groups is 1. The molecule has 1 amide bonds. The van der Waals surface area contributed by atoms with E-state index < -0.39 is 10.8 Å². The zero-order chi connectivity index (χ0) is 23.3. The van der Waals surface area contributed by atoms with Crippen LogP contribution in [0.4, 0.5) is 11.4 Å². The Hall–Kier alpha value is -4.23. The van der Waals surface area contributed by atoms with E-state index in [4.69, 9.17) is 0 Å². The van der Waals surface area contributed by atoms with Crippen LogP contribution in [0.15, 0.2) is 69.0 Å². The van der Waals surface area contributed by atoms with Gasteiger partial charge in [0.2, 0.25) is 0 Å². The average Bonchev–Trinajstić information content (AvgIpc) is 2.73. The van der Waals surface area contributed by atoms with Gasteiger partial charge in [-0.05, 0) is 55.4 Å². The molecule has 0 radical (unpaired) electrons. The van der Waals surface area contributed by atoms with Crippen molar-refractivity contribution in [2.45, 2.75) is 23.9 Å². The van der Waals surface area contributed by atoms with Crippen molar-refractivity contribution >= 4 is 35.1 Å². The first-order chi connectivity index (χ1) is 15.2. The van der Waals surface area contributed by atoms with Gasteiger partial charge in [0.15, 0.2) is 5.16 Å². The van der Waals surface area contributed by atoms with E-state index in [-0.39, 0.29) is 26.9 Å². The lowest BCUT2D eigenvalue weighted by atomic mass is 10.1. The van der Waals surface area contributed by atoms with Crippen molar-refractivity contribution in [2.24, 2.45) is 0 Å². The molecule has 0 aliphatic heterocycles. The molecule has 0 unspecified atom stereocenters. The molecule has 2 N–H and O–H groups in total. The fourth-order valence-electron chi connectivity index (χ4n) is 2.71. The zero-order valence-electron chi connectivity index (χ0n) is 17.1. The number of anilines is 1. The highest BCUT2D eigenvalue weighted by atomic mass is 32.2. The average molecular weight is 447 g/mol. The molecule has 3 rings (SSSR count). The number of aromatic nitrogens is 2. The predicted molar refractivity (Wildman–Crippen MR) is 120 cm³/mol. The van der Waals surface area contributed by atoms with Crippen LogP contribution < -0.4 is 10.9 Å². The maximum Gasteiger partial charge on any atom is 0.283 e. The number of nitrogens with one attached hydrogen (secondary N) is 2. The van der Waals surface area contributed by atoms with Gasteiger partial charge in [0, 0.05) is 23.5 Å². The van der Waals surface area contributed by atoms with E-state index >= 15 is 0 Å². The molecule has 0 saturated heterocycles. The van der Waals surface area contributed by atoms with E-state index in [0.29, 0.717) is 16.9 Å². The van der Waals surface area contributed by atoms with Crippen LogP contribution in [-0.4, -0.2) is 20.8 Å². The normalized spacial score (nSPS) is 11.0. The highest BCUT2D eigenvalue weighted by molar-refractivity contribution is 7.99. The molecular weight excluding hydrogens is 430 g/mol. The predicted octanol–water partition coefficient (Wildman–Crippen LogP) is 3.99. The molecule has 9 nitrogen and oxygen atoms in total. The fourth-order valence-corrected chi connectivity index (χ4v) is 3.63. The smallest absolute Gasteiger partial charge is 0.283 e. The Bertz CT molecular complexity index is 1320. The van der Waals surface area contributed by atoms with Crippen LogP contribution in [0.2, 0.25) is 0 Å². The van der Waals surface area contributed by atoms with Crippen molar-refractivity contribution in [3.63, 3.8) is 0 Å². The Morgan fingerprint density at radius 3 is 2.56 bits per heavy atom. The zero-order valence-corrected chi connectivity index (χ0v) is 17.9. The van der Waals surface area contributed by atoms with Crippen LogP contribution >= 0.6 is 11.8 Å². The summed E-state index contributed by atoms with van der Waals surface area (Å²) >= 11 is 0.940. The van der Waals surface area contributed by atoms with Gasteiger partial charge in [0.25, 0.3) is 17.2 Å². The summed E-state index contributed by atoms with van der Waals surface area (Å²) < 4.78 is 0. The minimum atomic E-state index is -0.626. The molecule has 0 aliphatic carbocycles. The number of hydrogen-bond donors (Lipinski definition) is 2. The summed E-state index contributed by atoms with van der Waals surface area (Å²) in [6.45, 7) is 3.56. The topological polar surface area (TPSA) is 142 Å². The lowest BCUT2D eigenvalue weighted by molar-refractivity contribution is -0.387. The third-order valence-corrected chi connectivity index (χ3v) is 5.17. The quantitative estimate of drug-likeness (QED) is 0.191. The first-order valence-corrected chi connectivity index (χ1v) is 10.1. The first-order valence-electron chi connectivity index (χ1n) is 9.29. The monoisotopic (exact) mass is 447 g/mol. The maximum atomic E-state index is 12.4. The second-order valence-electron chi connectivity index (χ2n) is 6.77. The number of carbonyl (C=O) groups excluding carboxylic acids is 1. The van der Waals surface area contributed by atoms with E-state index in [9.17, 15) is 25.0 Å². The second kappa shape index (κ2) is 9.72. The fraction of sp³-hybridized carbons (Fsp3) is 0.0909. The molecule has 1 aromatic heterocycles. The Morgan fingerprint density at radius 2 is 1.94 bits per heavy atom. The Morgan fingerprint density at radius 1 is 1.22 bits per heavy atom. The largest absolute Gasteiger partial charge is 0.321 e. The van der Waals surface area contributed by atoms with Crippen LogP contribution in [0, 0.1) is 35.3 Å². The van der Waals surface area contributed by atoms with E-state index in [1.807, 2.05) is 25.1 Å². The lowest BCUT2D eigenvalue weighted by Gasteiger charge is -2.06. The molecule has 0 saturated carbocycles. The second-order valence-corrected chi connectivity index (χ2v) is 7.80. The molecule has 1 heterocycles. The molecule has 32 heavy (non-hydrogen) atoms. The number of benzene rings is 2. The van der Waals surface area contributed by atoms with E-state index in [0.717, 1.165) is 17.3 Å². The summed E-state index contributed by atoms with van der Waals surface area (Å²) in [6.07, 6.45) is 1.28. The number of nitro groups is 1. The molecule has 0 fully saturated rings. The van der Waals surface area contributed by atoms with Crippen molar-refractivity contribution in [1.82, 2.24) is 9.97 Å². The molecule has 160 valence electrons. The molecule has 3 aromatic rings. The van der Waals surface area contributed by atoms with Crippen LogP contribution in [-0.2, 0) is 4.79 Å². The summed E-state index contributed by atoms with van der Waals surface area (Å²) in [5.74, 6) is -0.626. The van der Waals surface area contributed by atoms with Crippen LogP contribution in [0.25, 0.3) is 6.08 Å². The van der Waals surface area contributed by atoms with Crippen molar-refractivity contribution in [2.75, 3.05) is 5.32 Å². The highest BCUT2D eigenvalue weighted by Gasteiger charge is 2.18. The third-order valence-electron chi connectivity index (χ3n) is 4.22. The van der Waals surface area contributed by atoms with Crippen molar-refractivity contribution < 1.29 is 9.72 Å². The summed E-state index contributed by atoms with van der Waals surface area (Å²) in [5, 5.41) is 23.8. The van der Waals surface area contributed by atoms with Gasteiger partial charge in [-0.2, -0.15) is 5.26 Å². The minimum absolute atomic E-state index is 0.204. The maximum absolute atomic E-state index is 12.4. The van der Waals surface area contributed by atoms with E-state index in [1.165, 1.54) is 24.3 Å². The minimum Gasteiger partial charge on any atom is -0.321 e. The number of nitriles is 1. The number of amides is 1. The standard InChI is InChI=1S/C22H17N5O4S/c1-13-3-6-17(7-4-13)25-21(29)16(12-23)10-15-5-8-19(18(11-15)27(30)31)32-22-24-14(2)9-20(28)26-22/h3-11H,1-2H3,(H,25,29)(H,24,26,28)/b16-10+. The third kappa shape index (κ3) is 5.68. The van der Waals surface area contributed by atoms with Crippen LogP contribution in [0.1, 0.15) is 16.8 Å². The Balaban J connectivity index is 1.89. The number of H-pyrrole nitrogens is 1. The van der Waals surface area contributed by atoms with E-state index in [2.05, 4.69) is 15.3 Å². The number of hydrogen-bond acceptors (Lipinski definition) is 7. The Labute approximate surface area is 187 Å². The summed E-state index contributed by atoms with van der Waals surface area (Å²) in [5.41, 5.74) is 1.53. The van der Waals surface area contributed by atoms with Gasteiger partial charge in [-0.15, -0.1) is 0 Å². The highest BCUT2D eigenvalue weighted by Crippen LogP contribution is 2.34. The van der Waals surface area contributed by atoms with Gasteiger partial charge in [-0.1, -0.05) is 23.8 Å². The number of nitro benzene ring substituents is 1. The number of rotatable bonds is 6. The van der Waals surface area contributed by atoms with Gasteiger partial charge < -0.3 is 10.3 Å². The van der Waals surface area contributed by atoms with Crippen molar-refractivity contribution in [1.29, 1.82) is 5.26 Å². The van der Waals surface area contributed by atoms with Gasteiger partial charge in [-0.3, -0.25) is 19.7 Å². The molecular formula is C22H17N5O4S. The van der Waals surface area contributed by atoms with Gasteiger partial charge in [0.05, 0.1) is 9.82 Å². The molecule has 0 aliphatic rings. The van der Waals surface area contributed by atoms with Gasteiger partial charge in [-0.25, -0.2) is 4.98 Å². The van der Waals surface area contributed by atoms with Crippen LogP contribution in [0.5, 0.6) is 0 Å². The molecule has 2 aromatic carbocycles. The first kappa shape index (κ1) is 22.5. The SMILES string of the molecule is Cc1ccc(NC(=O)/C(C#N)=C/c2ccc(Sc3nc(C)cc(=O)[nH]3)c([N+](=O)[O-])c2)cc1. The van der Waals surface area contributed by atoms with Gasteiger partial charge in [0.1, 0.15) is 11.6 Å². The summed E-state index contributed by atoms with van der Waals surface area (Å²) in [4.78, 5) is 42.0. The molecule has 0 spiro atoms. The molecule has 0 bridgehead atoms. The van der Waals surface area contributed by atoms with E-state index in [1.54, 1.807) is 25.1 Å². The number of nitrogens with zero attached hydrogens (tertiary/aromatic N) is 3. The Kier molecular flexibility index (Phi) is 6.82. The lowest BCUT2D eigenvalue weighted by Crippen LogP contribution is -2.13.